The molecule has 0 aliphatic heterocycles. The van der Waals surface area contributed by atoms with Crippen molar-refractivity contribution in [3.63, 3.8) is 0 Å². The minimum absolute atomic E-state index is 0.0441. The molecule has 0 fully saturated rings. The van der Waals surface area contributed by atoms with Gasteiger partial charge in [-0.15, -0.1) is 0 Å². The smallest absolute Gasteiger partial charge is 0.290 e. The maximum absolute atomic E-state index is 12.7. The molecule has 0 aliphatic rings. The molecule has 24 heavy (non-hydrogen) atoms. The van der Waals surface area contributed by atoms with Gasteiger partial charge in [-0.2, -0.15) is 0 Å². The van der Waals surface area contributed by atoms with Gasteiger partial charge < -0.3 is 9.32 Å². The molecule has 0 saturated carbocycles. The van der Waals surface area contributed by atoms with Crippen LogP contribution in [0.15, 0.2) is 63.8 Å². The van der Waals surface area contributed by atoms with E-state index in [0.717, 1.165) is 5.56 Å². The zero-order valence-corrected chi connectivity index (χ0v) is 13.9. The van der Waals surface area contributed by atoms with Crippen molar-refractivity contribution in [3.8, 4) is 0 Å². The van der Waals surface area contributed by atoms with E-state index in [0.29, 0.717) is 29.1 Å². The summed E-state index contributed by atoms with van der Waals surface area (Å²) in [7, 11) is 0. The number of halogens is 1. The van der Waals surface area contributed by atoms with E-state index < -0.39 is 0 Å². The Hall–Kier alpha value is -2.59. The van der Waals surface area contributed by atoms with Crippen LogP contribution in [0, 0.1) is 0 Å². The summed E-state index contributed by atoms with van der Waals surface area (Å²) in [5.41, 5.74) is 1.10. The summed E-state index contributed by atoms with van der Waals surface area (Å²) in [5.74, 6) is -0.275. The molecule has 1 amide bonds. The van der Waals surface area contributed by atoms with Crippen LogP contribution in [0.25, 0.3) is 11.0 Å². The van der Waals surface area contributed by atoms with Crippen LogP contribution in [0.4, 0.5) is 0 Å². The van der Waals surface area contributed by atoms with E-state index in [1.54, 1.807) is 35.2 Å². The Balaban J connectivity index is 1.93. The van der Waals surface area contributed by atoms with Gasteiger partial charge in [-0.25, -0.2) is 0 Å². The second-order valence-electron chi connectivity index (χ2n) is 5.42. The first kappa shape index (κ1) is 16.3. The van der Waals surface area contributed by atoms with Gasteiger partial charge in [0.25, 0.3) is 5.91 Å². The third-order valence-electron chi connectivity index (χ3n) is 3.78. The Morgan fingerprint density at radius 2 is 1.92 bits per heavy atom. The molecule has 0 atom stereocenters. The van der Waals surface area contributed by atoms with Gasteiger partial charge in [-0.3, -0.25) is 9.59 Å². The van der Waals surface area contributed by atoms with Crippen molar-refractivity contribution in [1.82, 2.24) is 4.90 Å². The van der Waals surface area contributed by atoms with Crippen molar-refractivity contribution < 1.29 is 9.21 Å². The number of carbonyl (C=O) groups is 1. The van der Waals surface area contributed by atoms with E-state index in [1.165, 1.54) is 6.07 Å². The number of amides is 1. The predicted octanol–water partition coefficient (Wildman–Crippen LogP) is 4.11. The van der Waals surface area contributed by atoms with Gasteiger partial charge in [0.15, 0.2) is 11.2 Å². The number of para-hydroxylation sites is 1. The lowest BCUT2D eigenvalue weighted by atomic mass is 10.2. The highest BCUT2D eigenvalue weighted by Gasteiger charge is 2.19. The normalized spacial score (nSPS) is 10.8. The average Bonchev–Trinajstić information content (AvgIpc) is 2.59. The van der Waals surface area contributed by atoms with Crippen molar-refractivity contribution in [2.75, 3.05) is 6.54 Å². The van der Waals surface area contributed by atoms with Gasteiger partial charge in [0.05, 0.1) is 5.39 Å². The zero-order chi connectivity index (χ0) is 17.1. The number of carbonyl (C=O) groups excluding carboxylic acids is 1. The molecule has 1 aromatic heterocycles. The zero-order valence-electron chi connectivity index (χ0n) is 13.2. The van der Waals surface area contributed by atoms with E-state index >= 15 is 0 Å². The number of benzene rings is 2. The lowest BCUT2D eigenvalue weighted by Gasteiger charge is -2.20. The first-order chi connectivity index (χ1) is 11.6. The van der Waals surface area contributed by atoms with Crippen molar-refractivity contribution in [1.29, 1.82) is 0 Å². The minimum atomic E-state index is -0.319. The Morgan fingerprint density at radius 3 is 2.67 bits per heavy atom. The van der Waals surface area contributed by atoms with Crippen LogP contribution in [0.5, 0.6) is 0 Å². The van der Waals surface area contributed by atoms with Crippen LogP contribution in [0.3, 0.4) is 0 Å². The van der Waals surface area contributed by atoms with E-state index in [9.17, 15) is 9.59 Å². The Labute approximate surface area is 144 Å². The van der Waals surface area contributed by atoms with E-state index in [4.69, 9.17) is 16.0 Å². The van der Waals surface area contributed by atoms with Crippen molar-refractivity contribution in [2.45, 2.75) is 13.5 Å². The lowest BCUT2D eigenvalue weighted by molar-refractivity contribution is 0.0721. The van der Waals surface area contributed by atoms with Gasteiger partial charge in [0.1, 0.15) is 5.58 Å². The SMILES string of the molecule is CCN(Cc1cccc(Cl)c1)C(=O)c1cc(=O)c2ccccc2o1. The van der Waals surface area contributed by atoms with Crippen LogP contribution in [-0.2, 0) is 6.54 Å². The van der Waals surface area contributed by atoms with Gasteiger partial charge in [-0.05, 0) is 36.8 Å². The van der Waals surface area contributed by atoms with Gasteiger partial charge in [-0.1, -0.05) is 35.9 Å². The van der Waals surface area contributed by atoms with Gasteiger partial charge in [0, 0.05) is 24.2 Å². The highest BCUT2D eigenvalue weighted by molar-refractivity contribution is 6.30. The molecule has 0 spiro atoms. The molecule has 3 rings (SSSR count). The summed E-state index contributed by atoms with van der Waals surface area (Å²) in [6.45, 7) is 2.76. The van der Waals surface area contributed by atoms with Crippen LogP contribution in [0.1, 0.15) is 23.0 Å². The van der Waals surface area contributed by atoms with Crippen LogP contribution >= 0.6 is 11.6 Å². The molecule has 1 heterocycles. The molecule has 0 N–H and O–H groups in total. The Morgan fingerprint density at radius 1 is 1.12 bits per heavy atom. The monoisotopic (exact) mass is 341 g/mol. The molecule has 0 radical (unpaired) electrons. The number of nitrogens with zero attached hydrogens (tertiary/aromatic N) is 1. The van der Waals surface area contributed by atoms with Crippen molar-refractivity contribution in [2.24, 2.45) is 0 Å². The quantitative estimate of drug-likeness (QED) is 0.717. The summed E-state index contributed by atoms with van der Waals surface area (Å²) in [4.78, 5) is 26.5. The number of hydrogen-bond donors (Lipinski definition) is 0. The number of rotatable bonds is 4. The summed E-state index contributed by atoms with van der Waals surface area (Å²) in [5, 5.41) is 1.08. The first-order valence-electron chi connectivity index (χ1n) is 7.65. The molecule has 4 nitrogen and oxygen atoms in total. The first-order valence-corrected chi connectivity index (χ1v) is 8.03. The molecule has 0 saturated heterocycles. The lowest BCUT2D eigenvalue weighted by Crippen LogP contribution is -2.30. The van der Waals surface area contributed by atoms with E-state index in [2.05, 4.69) is 0 Å². The standard InChI is InChI=1S/C19H16ClNO3/c1-2-21(12-13-6-5-7-14(20)10-13)19(23)18-11-16(22)15-8-3-4-9-17(15)24-18/h3-11H,2,12H2,1H3. The fourth-order valence-corrected chi connectivity index (χ4v) is 2.76. The molecule has 122 valence electrons. The van der Waals surface area contributed by atoms with Gasteiger partial charge in [0.2, 0.25) is 0 Å². The molecule has 0 aliphatic carbocycles. The predicted molar refractivity (Wildman–Crippen MR) is 94.4 cm³/mol. The fraction of sp³-hybridized carbons (Fsp3) is 0.158. The van der Waals surface area contributed by atoms with Crippen molar-refractivity contribution >= 4 is 28.5 Å². The molecule has 3 aromatic rings. The van der Waals surface area contributed by atoms with Gasteiger partial charge >= 0.3 is 0 Å². The second kappa shape index (κ2) is 6.89. The van der Waals surface area contributed by atoms with Crippen molar-refractivity contribution in [3.05, 3.63) is 81.2 Å². The summed E-state index contributed by atoms with van der Waals surface area (Å²) < 4.78 is 5.63. The molecule has 5 heteroatoms. The largest absolute Gasteiger partial charge is 0.451 e. The molecule has 0 unspecified atom stereocenters. The van der Waals surface area contributed by atoms with Crippen LogP contribution in [-0.4, -0.2) is 17.4 Å². The molecule has 0 bridgehead atoms. The maximum Gasteiger partial charge on any atom is 0.290 e. The Kier molecular flexibility index (Phi) is 4.67. The summed E-state index contributed by atoms with van der Waals surface area (Å²) in [6.07, 6.45) is 0. The summed E-state index contributed by atoms with van der Waals surface area (Å²) in [6, 6.07) is 15.5. The number of fused-ring (bicyclic) bond motifs is 1. The highest BCUT2D eigenvalue weighted by atomic mass is 35.5. The maximum atomic E-state index is 12.7. The molecular formula is C19H16ClNO3. The fourth-order valence-electron chi connectivity index (χ4n) is 2.55. The number of hydrogen-bond acceptors (Lipinski definition) is 3. The van der Waals surface area contributed by atoms with Crippen LogP contribution in [0.2, 0.25) is 5.02 Å². The van der Waals surface area contributed by atoms with E-state index in [1.807, 2.05) is 25.1 Å². The Bertz CT molecular complexity index is 948. The third-order valence-corrected chi connectivity index (χ3v) is 4.01. The molecule has 2 aromatic carbocycles. The second-order valence-corrected chi connectivity index (χ2v) is 5.86. The minimum Gasteiger partial charge on any atom is -0.451 e. The van der Waals surface area contributed by atoms with Crippen LogP contribution < -0.4 is 5.43 Å². The topological polar surface area (TPSA) is 50.5 Å². The average molecular weight is 342 g/mol. The third kappa shape index (κ3) is 3.34. The summed E-state index contributed by atoms with van der Waals surface area (Å²) >= 11 is 5.99. The molecular weight excluding hydrogens is 326 g/mol. The highest BCUT2D eigenvalue weighted by Crippen LogP contribution is 2.16. The van der Waals surface area contributed by atoms with E-state index in [-0.39, 0.29) is 17.1 Å².